The van der Waals surface area contributed by atoms with E-state index >= 15 is 0 Å². The van der Waals surface area contributed by atoms with Crippen molar-refractivity contribution in [3.63, 3.8) is 0 Å². The first-order valence-electron chi connectivity index (χ1n) is 5.28. The molecule has 1 N–H and O–H groups in total. The Balaban J connectivity index is 2.37. The smallest absolute Gasteiger partial charge is 0.254 e. The summed E-state index contributed by atoms with van der Waals surface area (Å²) in [5.41, 5.74) is 2.74. The van der Waals surface area contributed by atoms with Gasteiger partial charge in [-0.2, -0.15) is 0 Å². The Morgan fingerprint density at radius 1 is 1.47 bits per heavy atom. The summed E-state index contributed by atoms with van der Waals surface area (Å²) in [6.07, 6.45) is 0.892. The van der Waals surface area contributed by atoms with E-state index < -0.39 is 0 Å². The summed E-state index contributed by atoms with van der Waals surface area (Å²) in [6.45, 7) is 3.58. The largest absolute Gasteiger partial charge is 0.392 e. The third-order valence-corrected chi connectivity index (χ3v) is 2.90. The van der Waals surface area contributed by atoms with Crippen LogP contribution in [0.15, 0.2) is 18.2 Å². The summed E-state index contributed by atoms with van der Waals surface area (Å²) in [5, 5.41) is 9.01. The number of hydrogen-bond acceptors (Lipinski definition) is 2. The molecule has 0 atom stereocenters. The number of benzene rings is 1. The number of carbonyl (C=O) groups is 1. The van der Waals surface area contributed by atoms with Crippen molar-refractivity contribution >= 4 is 5.91 Å². The number of aliphatic hydroxyl groups is 1. The molecule has 3 heteroatoms. The Bertz CT molecular complexity index is 387. The van der Waals surface area contributed by atoms with Crippen molar-refractivity contribution in [2.24, 2.45) is 0 Å². The second-order valence-corrected chi connectivity index (χ2v) is 3.78. The topological polar surface area (TPSA) is 40.5 Å². The van der Waals surface area contributed by atoms with E-state index in [2.05, 4.69) is 0 Å². The van der Waals surface area contributed by atoms with Crippen molar-refractivity contribution in [2.75, 3.05) is 13.1 Å². The lowest BCUT2D eigenvalue weighted by Crippen LogP contribution is -2.37. The van der Waals surface area contributed by atoms with Crippen LogP contribution in [0.1, 0.15) is 28.4 Å². The number of likely N-dealkylation sites (N-methyl/N-ethyl adjacent to an activating group) is 1. The van der Waals surface area contributed by atoms with E-state index in [0.29, 0.717) is 0 Å². The van der Waals surface area contributed by atoms with Crippen molar-refractivity contribution in [2.45, 2.75) is 20.0 Å². The number of rotatable bonds is 2. The molecule has 0 saturated heterocycles. The summed E-state index contributed by atoms with van der Waals surface area (Å²) in [5.74, 6) is 0.114. The minimum Gasteiger partial charge on any atom is -0.392 e. The predicted molar refractivity (Wildman–Crippen MR) is 57.6 cm³/mol. The first-order chi connectivity index (χ1) is 7.26. The molecule has 1 aliphatic rings. The fourth-order valence-corrected chi connectivity index (χ4v) is 1.99. The number of amides is 1. The van der Waals surface area contributed by atoms with Crippen LogP contribution in [0.3, 0.4) is 0 Å². The molecule has 3 nitrogen and oxygen atoms in total. The van der Waals surface area contributed by atoms with E-state index in [1.165, 1.54) is 0 Å². The van der Waals surface area contributed by atoms with Crippen LogP contribution in [0.4, 0.5) is 0 Å². The average Bonchev–Trinajstić information content (AvgIpc) is 2.29. The van der Waals surface area contributed by atoms with Gasteiger partial charge in [-0.1, -0.05) is 12.1 Å². The number of carbonyl (C=O) groups excluding carboxylic acids is 1. The van der Waals surface area contributed by atoms with E-state index in [9.17, 15) is 4.79 Å². The molecule has 0 bridgehead atoms. The van der Waals surface area contributed by atoms with Gasteiger partial charge in [-0.05, 0) is 30.5 Å². The van der Waals surface area contributed by atoms with Gasteiger partial charge in [0.1, 0.15) is 0 Å². The second-order valence-electron chi connectivity index (χ2n) is 3.78. The maximum absolute atomic E-state index is 11.9. The minimum atomic E-state index is 0.0406. The highest BCUT2D eigenvalue weighted by molar-refractivity contribution is 5.96. The van der Waals surface area contributed by atoms with Crippen molar-refractivity contribution in [1.29, 1.82) is 0 Å². The Hall–Kier alpha value is -1.35. The van der Waals surface area contributed by atoms with Crippen molar-refractivity contribution in [1.82, 2.24) is 4.90 Å². The zero-order chi connectivity index (χ0) is 10.8. The third-order valence-electron chi connectivity index (χ3n) is 2.90. The van der Waals surface area contributed by atoms with Crippen molar-refractivity contribution < 1.29 is 9.90 Å². The molecule has 0 aromatic heterocycles. The molecule has 1 aromatic rings. The van der Waals surface area contributed by atoms with E-state index in [1.54, 1.807) is 0 Å². The van der Waals surface area contributed by atoms with Crippen molar-refractivity contribution in [3.8, 4) is 0 Å². The standard InChI is InChI=1S/C12H15NO2/c1-2-13-6-5-10-7-9(8-14)3-4-11(10)12(13)15/h3-4,7,14H,2,5-6,8H2,1H3. The van der Waals surface area contributed by atoms with Gasteiger partial charge in [0.2, 0.25) is 0 Å². The van der Waals surface area contributed by atoms with E-state index in [4.69, 9.17) is 5.11 Å². The Labute approximate surface area is 89.3 Å². The van der Waals surface area contributed by atoms with E-state index in [0.717, 1.165) is 36.2 Å². The molecule has 80 valence electrons. The maximum atomic E-state index is 11.9. The van der Waals surface area contributed by atoms with Gasteiger partial charge in [-0.25, -0.2) is 0 Å². The lowest BCUT2D eigenvalue weighted by Gasteiger charge is -2.27. The van der Waals surface area contributed by atoms with Crippen LogP contribution in [-0.4, -0.2) is 29.0 Å². The molecule has 2 rings (SSSR count). The Morgan fingerprint density at radius 2 is 2.27 bits per heavy atom. The molecular weight excluding hydrogens is 190 g/mol. The average molecular weight is 205 g/mol. The van der Waals surface area contributed by atoms with E-state index in [-0.39, 0.29) is 12.5 Å². The number of fused-ring (bicyclic) bond motifs is 1. The van der Waals surface area contributed by atoms with Gasteiger partial charge in [-0.3, -0.25) is 4.79 Å². The van der Waals surface area contributed by atoms with Crippen LogP contribution in [0.2, 0.25) is 0 Å². The molecule has 0 radical (unpaired) electrons. The lowest BCUT2D eigenvalue weighted by atomic mass is 9.97. The molecule has 1 amide bonds. The zero-order valence-corrected chi connectivity index (χ0v) is 8.86. The normalized spacial score (nSPS) is 15.3. The molecule has 0 saturated carbocycles. The molecule has 15 heavy (non-hydrogen) atoms. The first kappa shape index (κ1) is 10.2. The number of nitrogens with zero attached hydrogens (tertiary/aromatic N) is 1. The minimum absolute atomic E-state index is 0.0406. The van der Waals surface area contributed by atoms with Crippen LogP contribution in [0, 0.1) is 0 Å². The second kappa shape index (κ2) is 4.03. The quantitative estimate of drug-likeness (QED) is 0.788. The Kier molecular flexibility index (Phi) is 2.73. The number of hydrogen-bond donors (Lipinski definition) is 1. The summed E-state index contributed by atoms with van der Waals surface area (Å²) in [4.78, 5) is 13.8. The predicted octanol–water partition coefficient (Wildman–Crippen LogP) is 1.20. The first-order valence-corrected chi connectivity index (χ1v) is 5.28. The van der Waals surface area contributed by atoms with Gasteiger partial charge >= 0.3 is 0 Å². The molecule has 1 heterocycles. The number of aliphatic hydroxyl groups excluding tert-OH is 1. The van der Waals surface area contributed by atoms with Gasteiger partial charge < -0.3 is 10.0 Å². The summed E-state index contributed by atoms with van der Waals surface area (Å²) in [6, 6.07) is 5.57. The van der Waals surface area contributed by atoms with Gasteiger partial charge in [0.25, 0.3) is 5.91 Å². The monoisotopic (exact) mass is 205 g/mol. The van der Waals surface area contributed by atoms with Crippen LogP contribution >= 0.6 is 0 Å². The molecule has 0 spiro atoms. The molecule has 0 fully saturated rings. The summed E-state index contributed by atoms with van der Waals surface area (Å²) in [7, 11) is 0. The third kappa shape index (κ3) is 1.75. The summed E-state index contributed by atoms with van der Waals surface area (Å²) < 4.78 is 0. The fourth-order valence-electron chi connectivity index (χ4n) is 1.99. The van der Waals surface area contributed by atoms with Crippen LogP contribution < -0.4 is 0 Å². The lowest BCUT2D eigenvalue weighted by molar-refractivity contribution is 0.0749. The van der Waals surface area contributed by atoms with Crippen LogP contribution in [0.5, 0.6) is 0 Å². The van der Waals surface area contributed by atoms with Crippen molar-refractivity contribution in [3.05, 3.63) is 34.9 Å². The molecule has 0 unspecified atom stereocenters. The highest BCUT2D eigenvalue weighted by Crippen LogP contribution is 2.20. The van der Waals surface area contributed by atoms with Crippen LogP contribution in [0.25, 0.3) is 0 Å². The van der Waals surface area contributed by atoms with Crippen LogP contribution in [-0.2, 0) is 13.0 Å². The molecule has 1 aromatic carbocycles. The fraction of sp³-hybridized carbons (Fsp3) is 0.417. The molecule has 0 aliphatic carbocycles. The van der Waals surface area contributed by atoms with Gasteiger partial charge in [-0.15, -0.1) is 0 Å². The maximum Gasteiger partial charge on any atom is 0.254 e. The van der Waals surface area contributed by atoms with Gasteiger partial charge in [0.15, 0.2) is 0 Å². The Morgan fingerprint density at radius 3 is 2.93 bits per heavy atom. The van der Waals surface area contributed by atoms with Gasteiger partial charge in [0.05, 0.1) is 6.61 Å². The SMILES string of the molecule is CCN1CCc2cc(CO)ccc2C1=O. The molecule has 1 aliphatic heterocycles. The van der Waals surface area contributed by atoms with E-state index in [1.807, 2.05) is 30.0 Å². The van der Waals surface area contributed by atoms with Gasteiger partial charge in [0, 0.05) is 18.7 Å². The molecular formula is C12H15NO2. The summed E-state index contributed by atoms with van der Waals surface area (Å²) >= 11 is 0. The highest BCUT2D eigenvalue weighted by Gasteiger charge is 2.22. The highest BCUT2D eigenvalue weighted by atomic mass is 16.3. The zero-order valence-electron chi connectivity index (χ0n) is 8.86.